The number of aromatic amines is 1. The maximum Gasteiger partial charge on any atom is 0.351 e. The molecule has 3 rings (SSSR count). The predicted molar refractivity (Wildman–Crippen MR) is 68.8 cm³/mol. The third kappa shape index (κ3) is 1.77. The Morgan fingerprint density at radius 3 is 2.79 bits per heavy atom. The Labute approximate surface area is 107 Å². The molecule has 1 aromatic carbocycles. The van der Waals surface area contributed by atoms with Crippen LogP contribution in [0.5, 0.6) is 5.75 Å². The van der Waals surface area contributed by atoms with Crippen LogP contribution in [0.4, 0.5) is 0 Å². The second kappa shape index (κ2) is 3.94. The molecule has 6 heteroatoms. The van der Waals surface area contributed by atoms with Crippen LogP contribution in [-0.2, 0) is 0 Å². The van der Waals surface area contributed by atoms with Crippen molar-refractivity contribution in [3.8, 4) is 17.2 Å². The monoisotopic (exact) mass is 258 g/mol. The zero-order chi connectivity index (χ0) is 13.6. The molecule has 0 saturated heterocycles. The summed E-state index contributed by atoms with van der Waals surface area (Å²) in [6.07, 6.45) is 0. The number of hydrogen-bond donors (Lipinski definition) is 1. The fraction of sp³-hybridized carbons (Fsp3) is 0.154. The third-order valence-electron chi connectivity index (χ3n) is 2.84. The quantitative estimate of drug-likeness (QED) is 0.665. The van der Waals surface area contributed by atoms with E-state index in [1.54, 1.807) is 6.07 Å². The normalized spacial score (nSPS) is 11.1. The summed E-state index contributed by atoms with van der Waals surface area (Å²) in [5, 5.41) is 0.718. The zero-order valence-electron chi connectivity index (χ0n) is 10.3. The van der Waals surface area contributed by atoms with Crippen LogP contribution in [0, 0.1) is 6.92 Å². The van der Waals surface area contributed by atoms with E-state index in [0.29, 0.717) is 11.3 Å². The van der Waals surface area contributed by atoms with E-state index in [1.165, 1.54) is 7.11 Å². The number of nitrogens with one attached hydrogen (secondary N) is 1. The lowest BCUT2D eigenvalue weighted by atomic mass is 10.1. The second-order valence-electron chi connectivity index (χ2n) is 4.22. The minimum Gasteiger partial charge on any atom is -0.493 e. The number of benzene rings is 1. The molecule has 0 saturated carbocycles. The molecule has 0 amide bonds. The molecule has 2 heterocycles. The van der Waals surface area contributed by atoms with E-state index in [1.807, 2.05) is 19.1 Å². The highest BCUT2D eigenvalue weighted by Gasteiger charge is 2.16. The molecule has 1 aromatic rings. The highest BCUT2D eigenvalue weighted by Crippen LogP contribution is 2.31. The van der Waals surface area contributed by atoms with E-state index in [0.717, 1.165) is 10.9 Å². The Bertz CT molecular complexity index is 863. The van der Waals surface area contributed by atoms with Crippen molar-refractivity contribution < 1.29 is 9.15 Å². The van der Waals surface area contributed by atoms with Crippen LogP contribution in [0.25, 0.3) is 22.4 Å². The lowest BCUT2D eigenvalue weighted by molar-refractivity contribution is 0.409. The molecule has 19 heavy (non-hydrogen) atoms. The Kier molecular flexibility index (Phi) is 2.38. The fourth-order valence-electron chi connectivity index (χ4n) is 2.03. The van der Waals surface area contributed by atoms with Crippen molar-refractivity contribution in [1.29, 1.82) is 0 Å². The number of ether oxygens (including phenoxy) is 1. The molecule has 0 aliphatic carbocycles. The van der Waals surface area contributed by atoms with Gasteiger partial charge in [0.15, 0.2) is 11.3 Å². The first-order valence-corrected chi connectivity index (χ1v) is 5.61. The first kappa shape index (κ1) is 11.5. The summed E-state index contributed by atoms with van der Waals surface area (Å²) in [6.45, 7) is 1.91. The maximum atomic E-state index is 11.7. The van der Waals surface area contributed by atoms with Crippen LogP contribution in [0.3, 0.4) is 0 Å². The van der Waals surface area contributed by atoms with Gasteiger partial charge in [0.25, 0.3) is 5.56 Å². The second-order valence-corrected chi connectivity index (χ2v) is 4.22. The van der Waals surface area contributed by atoms with Crippen molar-refractivity contribution in [1.82, 2.24) is 9.97 Å². The van der Waals surface area contributed by atoms with Gasteiger partial charge in [-0.1, -0.05) is 0 Å². The Hall–Kier alpha value is -2.63. The molecule has 0 unspecified atom stereocenters. The molecule has 0 spiro atoms. The van der Waals surface area contributed by atoms with Gasteiger partial charge in [-0.3, -0.25) is 9.78 Å². The average Bonchev–Trinajstić information content (AvgIpc) is 2.36. The third-order valence-corrected chi connectivity index (χ3v) is 2.84. The minimum atomic E-state index is -0.730. The van der Waals surface area contributed by atoms with Crippen molar-refractivity contribution >= 4 is 11.0 Å². The van der Waals surface area contributed by atoms with Crippen molar-refractivity contribution in [3.05, 3.63) is 44.6 Å². The van der Waals surface area contributed by atoms with Crippen LogP contribution in [0.15, 0.2) is 32.2 Å². The van der Waals surface area contributed by atoms with Gasteiger partial charge in [-0.15, -0.1) is 0 Å². The van der Waals surface area contributed by atoms with Crippen molar-refractivity contribution in [2.45, 2.75) is 6.92 Å². The van der Waals surface area contributed by atoms with Gasteiger partial charge in [0.1, 0.15) is 5.56 Å². The molecular formula is C13H10N2O4. The maximum absolute atomic E-state index is 11.7. The molecule has 0 fully saturated rings. The standard InChI is InChI=1S/C13H10N2O4/c1-6-3-7-5-8-11(16)14-13(17)15-12(8)19-10(7)9(4-6)18-2/h3-5H,1-2H3,(H,14,16,17). The van der Waals surface area contributed by atoms with Gasteiger partial charge in [-0.2, -0.15) is 4.98 Å². The van der Waals surface area contributed by atoms with Gasteiger partial charge in [0, 0.05) is 5.39 Å². The van der Waals surface area contributed by atoms with E-state index >= 15 is 0 Å². The van der Waals surface area contributed by atoms with E-state index in [-0.39, 0.29) is 11.5 Å². The first-order valence-electron chi connectivity index (χ1n) is 5.61. The van der Waals surface area contributed by atoms with Crippen LogP contribution < -0.4 is 16.0 Å². The smallest absolute Gasteiger partial charge is 0.351 e. The van der Waals surface area contributed by atoms with Crippen LogP contribution in [0.2, 0.25) is 0 Å². The molecule has 1 N–H and O–H groups in total. The van der Waals surface area contributed by atoms with Gasteiger partial charge >= 0.3 is 5.69 Å². The lowest BCUT2D eigenvalue weighted by Gasteiger charge is -2.09. The largest absolute Gasteiger partial charge is 0.493 e. The van der Waals surface area contributed by atoms with Crippen molar-refractivity contribution in [2.75, 3.05) is 7.11 Å². The number of fused-ring (bicyclic) bond motifs is 2. The summed E-state index contributed by atoms with van der Waals surface area (Å²) in [5.41, 5.74) is 0.425. The van der Waals surface area contributed by atoms with E-state index in [2.05, 4.69) is 9.97 Å². The Balaban J connectivity index is 2.53. The zero-order valence-corrected chi connectivity index (χ0v) is 10.3. The molecular weight excluding hydrogens is 248 g/mol. The van der Waals surface area contributed by atoms with Gasteiger partial charge < -0.3 is 9.15 Å². The topological polar surface area (TPSA) is 85.2 Å². The molecule has 2 aliphatic rings. The number of aromatic nitrogens is 2. The average molecular weight is 258 g/mol. The highest BCUT2D eigenvalue weighted by molar-refractivity contribution is 5.87. The first-order chi connectivity index (χ1) is 9.08. The Morgan fingerprint density at radius 1 is 1.26 bits per heavy atom. The summed E-state index contributed by atoms with van der Waals surface area (Å²) >= 11 is 0. The summed E-state index contributed by atoms with van der Waals surface area (Å²) in [7, 11) is 1.53. The van der Waals surface area contributed by atoms with Crippen molar-refractivity contribution in [2.24, 2.45) is 0 Å². The highest BCUT2D eigenvalue weighted by atomic mass is 16.5. The van der Waals surface area contributed by atoms with Gasteiger partial charge in [-0.25, -0.2) is 4.79 Å². The fourth-order valence-corrected chi connectivity index (χ4v) is 2.03. The molecule has 0 bridgehead atoms. The molecule has 0 atom stereocenters. The van der Waals surface area contributed by atoms with Crippen LogP contribution in [-0.4, -0.2) is 17.1 Å². The van der Waals surface area contributed by atoms with Crippen LogP contribution in [0.1, 0.15) is 5.56 Å². The van der Waals surface area contributed by atoms with Gasteiger partial charge in [0.2, 0.25) is 5.89 Å². The number of rotatable bonds is 1. The molecule has 0 radical (unpaired) electrons. The molecule has 96 valence electrons. The number of aryl methyl sites for hydroxylation is 1. The minimum absolute atomic E-state index is 0.00315. The summed E-state index contributed by atoms with van der Waals surface area (Å²) < 4.78 is 10.8. The van der Waals surface area contributed by atoms with E-state index < -0.39 is 11.2 Å². The summed E-state index contributed by atoms with van der Waals surface area (Å²) in [4.78, 5) is 28.6. The molecule has 2 aliphatic heterocycles. The molecule has 0 aromatic heterocycles. The SMILES string of the molecule is COc1cc(C)cc2cc3c(=O)[nH]c(=O)nc-3oc12. The van der Waals surface area contributed by atoms with E-state index in [9.17, 15) is 9.59 Å². The summed E-state index contributed by atoms with van der Waals surface area (Å²) in [5.74, 6) is 0.537. The number of H-pyrrole nitrogens is 1. The number of methoxy groups -OCH3 is 1. The number of nitrogens with zero attached hydrogens (tertiary/aromatic N) is 1. The Morgan fingerprint density at radius 2 is 2.05 bits per heavy atom. The van der Waals surface area contributed by atoms with Gasteiger partial charge in [0.05, 0.1) is 7.11 Å². The van der Waals surface area contributed by atoms with Crippen molar-refractivity contribution in [3.63, 3.8) is 0 Å². The van der Waals surface area contributed by atoms with Crippen LogP contribution >= 0.6 is 0 Å². The summed E-state index contributed by atoms with van der Waals surface area (Å²) in [6, 6.07) is 5.31. The van der Waals surface area contributed by atoms with E-state index in [4.69, 9.17) is 9.15 Å². The number of hydrogen-bond acceptors (Lipinski definition) is 5. The molecule has 6 nitrogen and oxygen atoms in total. The lowest BCUT2D eigenvalue weighted by Crippen LogP contribution is -2.24. The van der Waals surface area contributed by atoms with Gasteiger partial charge in [-0.05, 0) is 30.7 Å². The predicted octanol–water partition coefficient (Wildman–Crippen LogP) is 1.30.